The first-order valence-electron chi connectivity index (χ1n) is 12.3. The van der Waals surface area contributed by atoms with Gasteiger partial charge in [-0.15, -0.1) is 0 Å². The molecule has 0 radical (unpaired) electrons. The fourth-order valence-electron chi connectivity index (χ4n) is 4.55. The van der Waals surface area contributed by atoms with Crippen LogP contribution in [0.5, 0.6) is 5.75 Å². The molecule has 7 N–H and O–H groups in total. The predicted octanol–water partition coefficient (Wildman–Crippen LogP) is -2.39. The maximum atomic E-state index is 12.7. The zero-order valence-electron chi connectivity index (χ0n) is 21.4. The second-order valence-electron chi connectivity index (χ2n) is 9.36. The maximum absolute atomic E-state index is 12.7. The van der Waals surface area contributed by atoms with Crippen LogP contribution in [-0.4, -0.2) is 79.8 Å². The summed E-state index contributed by atoms with van der Waals surface area (Å²) in [6, 6.07) is 5.67. The molecule has 3 heterocycles. The van der Waals surface area contributed by atoms with Crippen molar-refractivity contribution in [3.05, 3.63) is 62.9 Å². The van der Waals surface area contributed by atoms with E-state index in [4.69, 9.17) is 10.5 Å². The number of nitrogens with one attached hydrogen (secondary N) is 2. The van der Waals surface area contributed by atoms with Crippen molar-refractivity contribution in [3.63, 3.8) is 0 Å². The van der Waals surface area contributed by atoms with Crippen molar-refractivity contribution in [2.75, 3.05) is 12.3 Å². The van der Waals surface area contributed by atoms with Gasteiger partial charge in [-0.3, -0.25) is 23.7 Å². The fourth-order valence-corrected chi connectivity index (χ4v) is 5.41. The van der Waals surface area contributed by atoms with Crippen LogP contribution >= 0.6 is 0 Å². The largest absolute Gasteiger partial charge is 0.503 e. The van der Waals surface area contributed by atoms with Crippen molar-refractivity contribution in [3.8, 4) is 16.9 Å². The number of aliphatic hydroxyl groups is 2. The highest BCUT2D eigenvalue weighted by atomic mass is 32.2. The Morgan fingerprint density at radius 2 is 1.79 bits per heavy atom. The number of carbonyl (C=O) groups is 2. The van der Waals surface area contributed by atoms with Gasteiger partial charge in [0.05, 0.1) is 11.9 Å². The Balaban J connectivity index is 1.17. The first kappa shape index (κ1) is 28.9. The summed E-state index contributed by atoms with van der Waals surface area (Å²) >= 11 is 0. The first-order valence-corrected chi connectivity index (χ1v) is 13.8. The van der Waals surface area contributed by atoms with E-state index in [-0.39, 0.29) is 33.7 Å². The minimum absolute atomic E-state index is 0.0227. The smallest absolute Gasteiger partial charge is 0.301 e. The molecule has 5 rings (SSSR count). The van der Waals surface area contributed by atoms with Crippen LogP contribution in [0.25, 0.3) is 22.3 Å². The number of aromatic nitrogens is 4. The lowest BCUT2D eigenvalue weighted by atomic mass is 9.92. The Morgan fingerprint density at radius 1 is 1.05 bits per heavy atom. The number of fused-ring (bicyclic) bond motifs is 1. The molecule has 4 aromatic rings. The van der Waals surface area contributed by atoms with E-state index in [1.54, 1.807) is 4.72 Å². The number of nitrogens with two attached hydrogens (primary N) is 1. The third-order valence-corrected chi connectivity index (χ3v) is 7.73. The molecule has 1 fully saturated rings. The summed E-state index contributed by atoms with van der Waals surface area (Å²) in [4.78, 5) is 60.2. The van der Waals surface area contributed by atoms with Gasteiger partial charge in [0.2, 0.25) is 11.3 Å². The van der Waals surface area contributed by atoms with E-state index >= 15 is 0 Å². The molecule has 220 valence electrons. The first-order chi connectivity index (χ1) is 19.9. The van der Waals surface area contributed by atoms with Gasteiger partial charge in [0.25, 0.3) is 5.43 Å². The van der Waals surface area contributed by atoms with Gasteiger partial charge in [-0.1, -0.05) is 24.3 Å². The normalized spacial score (nSPS) is 20.7. The lowest BCUT2D eigenvalue weighted by molar-refractivity contribution is -0.119. The summed E-state index contributed by atoms with van der Waals surface area (Å²) < 4.78 is 35.6. The number of ether oxygens (including phenoxy) is 1. The number of imidazole rings is 1. The quantitative estimate of drug-likeness (QED) is 0.0818. The summed E-state index contributed by atoms with van der Waals surface area (Å²) in [6.45, 7) is -0.543. The molecule has 17 nitrogen and oxygen atoms in total. The van der Waals surface area contributed by atoms with Crippen LogP contribution < -0.4 is 26.0 Å². The van der Waals surface area contributed by atoms with Crippen LogP contribution in [-0.2, 0) is 19.7 Å². The molecule has 1 amide bonds. The van der Waals surface area contributed by atoms with Gasteiger partial charge in [-0.25, -0.2) is 19.7 Å². The lowest BCUT2D eigenvalue weighted by Crippen LogP contribution is -2.45. The van der Waals surface area contributed by atoms with Crippen LogP contribution in [0.4, 0.5) is 5.82 Å². The Labute approximate surface area is 235 Å². The minimum atomic E-state index is -4.48. The molecular weight excluding hydrogens is 578 g/mol. The Bertz CT molecular complexity index is 1880. The number of hydrogen-bond acceptors (Lipinski definition) is 14. The number of ketones is 1. The van der Waals surface area contributed by atoms with Gasteiger partial charge in [-0.05, 0) is 0 Å². The standard InChI is InChI=1S/C24H23N7O10S/c25-22-16-23(27-8-26-22)31(9-28-16)24-21(38)17(34)13(41-24)7-29-42(39,40)30-14(33)6-5-12(32)10-3-1-2-4-11(10)15-18(35)20(37)19(15)36/h1-4,8-9,13,17,21,24,29,34-35,38H,5-7H2,(H,30,33)(H2,25,26,27)/t13-,17-,21-,24-/m1/s1. The number of benzene rings is 1. The van der Waals surface area contributed by atoms with E-state index in [2.05, 4.69) is 19.7 Å². The van der Waals surface area contributed by atoms with E-state index in [0.29, 0.717) is 0 Å². The number of carbonyl (C=O) groups excluding carboxylic acids is 2. The molecule has 0 bridgehead atoms. The number of aromatic hydroxyl groups is 1. The molecule has 1 aliphatic heterocycles. The van der Waals surface area contributed by atoms with Crippen LogP contribution in [0, 0.1) is 0 Å². The number of amides is 1. The Hall–Kier alpha value is -4.62. The zero-order chi connectivity index (χ0) is 30.3. The summed E-state index contributed by atoms with van der Waals surface area (Å²) in [5.41, 5.74) is 3.87. The number of hydrogen-bond donors (Lipinski definition) is 6. The van der Waals surface area contributed by atoms with Gasteiger partial charge in [0, 0.05) is 30.5 Å². The lowest BCUT2D eigenvalue weighted by Gasteiger charge is -2.16. The molecule has 2 aromatic carbocycles. The van der Waals surface area contributed by atoms with Crippen molar-refractivity contribution in [2.45, 2.75) is 37.4 Å². The molecule has 1 aliphatic rings. The third kappa shape index (κ3) is 5.23. The molecule has 2 aromatic heterocycles. The highest BCUT2D eigenvalue weighted by molar-refractivity contribution is 7.88. The van der Waals surface area contributed by atoms with Crippen LogP contribution in [0.3, 0.4) is 0 Å². The molecule has 0 saturated carbocycles. The second kappa shape index (κ2) is 11.0. The average molecular weight is 602 g/mol. The SMILES string of the molecule is Nc1ncnc2c1ncn2[C@@H]1O[C@H](CNS(=O)(=O)NC(=O)CCC(=O)c2ccccc2-c2c(O)c(=O)c2=O)[C@@H](O)[C@H]1O. The minimum Gasteiger partial charge on any atom is -0.503 e. The van der Waals surface area contributed by atoms with E-state index in [1.165, 1.54) is 41.5 Å². The van der Waals surface area contributed by atoms with Gasteiger partial charge in [-0.2, -0.15) is 13.1 Å². The zero-order valence-corrected chi connectivity index (χ0v) is 22.2. The number of nitrogen functional groups attached to an aromatic ring is 1. The molecule has 0 spiro atoms. The van der Waals surface area contributed by atoms with Gasteiger partial charge in [0.1, 0.15) is 30.2 Å². The van der Waals surface area contributed by atoms with Crippen molar-refractivity contribution in [1.29, 1.82) is 0 Å². The summed E-state index contributed by atoms with van der Waals surface area (Å²) in [5.74, 6) is -2.36. The average Bonchev–Trinajstić information content (AvgIpc) is 3.52. The van der Waals surface area contributed by atoms with Crippen LogP contribution in [0.2, 0.25) is 0 Å². The topological polar surface area (TPSA) is 266 Å². The summed E-state index contributed by atoms with van der Waals surface area (Å²) in [7, 11) is -4.48. The highest BCUT2D eigenvalue weighted by Crippen LogP contribution is 2.32. The van der Waals surface area contributed by atoms with Gasteiger partial charge < -0.3 is 25.8 Å². The number of nitrogens with zero attached hydrogens (tertiary/aromatic N) is 4. The van der Waals surface area contributed by atoms with Crippen molar-refractivity contribution < 1.29 is 38.1 Å². The predicted molar refractivity (Wildman–Crippen MR) is 143 cm³/mol. The van der Waals surface area contributed by atoms with E-state index in [9.17, 15) is 42.9 Å². The monoisotopic (exact) mass is 601 g/mol. The Kier molecular flexibility index (Phi) is 7.56. The summed E-state index contributed by atoms with van der Waals surface area (Å²) in [6.07, 6.45) is -4.03. The van der Waals surface area contributed by atoms with Crippen LogP contribution in [0.15, 0.2) is 46.5 Å². The Morgan fingerprint density at radius 3 is 2.52 bits per heavy atom. The molecule has 42 heavy (non-hydrogen) atoms. The molecule has 0 aliphatic carbocycles. The molecular formula is C24H23N7O10S. The van der Waals surface area contributed by atoms with Crippen molar-refractivity contribution in [1.82, 2.24) is 29.0 Å². The van der Waals surface area contributed by atoms with Gasteiger partial charge >= 0.3 is 10.2 Å². The second-order valence-corrected chi connectivity index (χ2v) is 10.9. The molecule has 18 heteroatoms. The molecule has 0 unspecified atom stereocenters. The molecule has 1 saturated heterocycles. The van der Waals surface area contributed by atoms with E-state index in [0.717, 1.165) is 0 Å². The number of rotatable bonds is 10. The fraction of sp³-hybridized carbons (Fsp3) is 0.292. The highest BCUT2D eigenvalue weighted by Gasteiger charge is 2.44. The number of anilines is 1. The summed E-state index contributed by atoms with van der Waals surface area (Å²) in [5, 5.41) is 30.7. The van der Waals surface area contributed by atoms with Crippen LogP contribution in [0.1, 0.15) is 29.4 Å². The maximum Gasteiger partial charge on any atom is 0.301 e. The number of aliphatic hydroxyl groups excluding tert-OH is 2. The molecule has 4 atom stereocenters. The van der Waals surface area contributed by atoms with E-state index in [1.807, 2.05) is 0 Å². The van der Waals surface area contributed by atoms with Crippen molar-refractivity contribution >= 4 is 38.9 Å². The van der Waals surface area contributed by atoms with Crippen molar-refractivity contribution in [2.24, 2.45) is 0 Å². The third-order valence-electron chi connectivity index (χ3n) is 6.68. The number of Topliss-reactive ketones (excluding diaryl/α,β-unsaturated/α-hetero) is 1. The van der Waals surface area contributed by atoms with E-state index < -0.39 is 82.4 Å². The van der Waals surface area contributed by atoms with Gasteiger partial charge in [0.15, 0.2) is 29.2 Å².